The molecule has 0 atom stereocenters. The van der Waals surface area contributed by atoms with Crippen molar-refractivity contribution in [3.05, 3.63) is 34.4 Å². The highest BCUT2D eigenvalue weighted by Gasteiger charge is 2.33. The second-order valence-corrected chi connectivity index (χ2v) is 5.69. The molecule has 0 bridgehead atoms. The normalized spacial score (nSPS) is 14.8. The highest BCUT2D eigenvalue weighted by molar-refractivity contribution is 6.26. The lowest BCUT2D eigenvalue weighted by molar-refractivity contribution is 0.0971. The number of hydrogen-bond acceptors (Lipinski definition) is 4. The molecule has 0 aromatic heterocycles. The number of carbonyl (C=O) groups is 2. The van der Waals surface area contributed by atoms with Crippen LogP contribution in [-0.4, -0.2) is 21.8 Å². The Bertz CT molecular complexity index is 636. The van der Waals surface area contributed by atoms with E-state index in [0.717, 1.165) is 0 Å². The third-order valence-electron chi connectivity index (χ3n) is 3.57. The Morgan fingerprint density at radius 2 is 1.55 bits per heavy atom. The first-order valence-corrected chi connectivity index (χ1v) is 6.65. The average molecular weight is 274 g/mol. The van der Waals surface area contributed by atoms with Crippen LogP contribution >= 0.6 is 0 Å². The molecule has 0 radical (unpaired) electrons. The zero-order chi connectivity index (χ0) is 15.2. The first kappa shape index (κ1) is 14.3. The molecular weight excluding hydrogens is 256 g/mol. The molecule has 0 fully saturated rings. The van der Waals surface area contributed by atoms with E-state index in [-0.39, 0.29) is 40.2 Å². The second-order valence-electron chi connectivity index (χ2n) is 5.69. The molecule has 0 saturated carbocycles. The zero-order valence-corrected chi connectivity index (χ0v) is 12.0. The highest BCUT2D eigenvalue weighted by Crippen LogP contribution is 2.41. The van der Waals surface area contributed by atoms with Crippen molar-refractivity contribution in [3.8, 4) is 11.5 Å². The maximum absolute atomic E-state index is 12.5. The van der Waals surface area contributed by atoms with E-state index >= 15 is 0 Å². The van der Waals surface area contributed by atoms with Crippen LogP contribution in [0.3, 0.4) is 0 Å². The minimum absolute atomic E-state index is 0.0649. The van der Waals surface area contributed by atoms with E-state index in [1.807, 2.05) is 27.7 Å². The SMILES string of the molecule is CC(C)C1=CC(=O)c2c(O)cc(C(C)C)c(O)c2C1=O. The molecule has 0 unspecified atom stereocenters. The maximum Gasteiger partial charge on any atom is 0.194 e. The molecule has 0 saturated heterocycles. The van der Waals surface area contributed by atoms with Gasteiger partial charge < -0.3 is 10.2 Å². The lowest BCUT2D eigenvalue weighted by atomic mass is 9.81. The van der Waals surface area contributed by atoms with E-state index in [0.29, 0.717) is 11.1 Å². The fourth-order valence-electron chi connectivity index (χ4n) is 2.44. The molecule has 0 spiro atoms. The topological polar surface area (TPSA) is 74.6 Å². The van der Waals surface area contributed by atoms with Crippen LogP contribution in [0.25, 0.3) is 0 Å². The van der Waals surface area contributed by atoms with Crippen molar-refractivity contribution in [2.75, 3.05) is 0 Å². The van der Waals surface area contributed by atoms with Crippen molar-refractivity contribution >= 4 is 11.6 Å². The number of benzene rings is 1. The lowest BCUT2D eigenvalue weighted by Crippen LogP contribution is -2.21. The van der Waals surface area contributed by atoms with Crippen LogP contribution in [0, 0.1) is 5.92 Å². The molecule has 0 amide bonds. The molecule has 2 rings (SSSR count). The van der Waals surface area contributed by atoms with Crippen molar-refractivity contribution in [1.82, 2.24) is 0 Å². The molecule has 1 aliphatic carbocycles. The number of aromatic hydroxyl groups is 2. The maximum atomic E-state index is 12.5. The highest BCUT2D eigenvalue weighted by atomic mass is 16.3. The number of rotatable bonds is 2. The van der Waals surface area contributed by atoms with E-state index in [9.17, 15) is 19.8 Å². The van der Waals surface area contributed by atoms with Gasteiger partial charge in [-0.05, 0) is 24.0 Å². The predicted molar refractivity (Wildman–Crippen MR) is 75.4 cm³/mol. The standard InChI is InChI=1S/C16H18O4/c1-7(2)9-5-11(17)13-12(18)6-10(8(3)4)16(20)14(13)15(9)19/h5-8,17,19H,1-4H3. The van der Waals surface area contributed by atoms with Gasteiger partial charge in [-0.25, -0.2) is 0 Å². The molecule has 106 valence electrons. The molecule has 4 heteroatoms. The van der Waals surface area contributed by atoms with Gasteiger partial charge >= 0.3 is 0 Å². The average Bonchev–Trinajstić information content (AvgIpc) is 2.35. The van der Waals surface area contributed by atoms with Gasteiger partial charge in [0.15, 0.2) is 11.6 Å². The number of phenols is 2. The van der Waals surface area contributed by atoms with E-state index in [4.69, 9.17) is 0 Å². The number of phenolic OH excluding ortho intramolecular Hbond substituents is 2. The molecule has 4 nitrogen and oxygen atoms in total. The van der Waals surface area contributed by atoms with Gasteiger partial charge in [-0.3, -0.25) is 9.59 Å². The Kier molecular flexibility index (Phi) is 3.42. The summed E-state index contributed by atoms with van der Waals surface area (Å²) >= 11 is 0. The first-order valence-electron chi connectivity index (χ1n) is 6.65. The Balaban J connectivity index is 2.78. The van der Waals surface area contributed by atoms with Crippen LogP contribution in [0.2, 0.25) is 0 Å². The van der Waals surface area contributed by atoms with Gasteiger partial charge in [0.25, 0.3) is 0 Å². The monoisotopic (exact) mass is 274 g/mol. The minimum Gasteiger partial charge on any atom is -0.507 e. The Morgan fingerprint density at radius 3 is 2.05 bits per heavy atom. The van der Waals surface area contributed by atoms with Gasteiger partial charge in [-0.2, -0.15) is 0 Å². The fourth-order valence-corrected chi connectivity index (χ4v) is 2.44. The number of allylic oxidation sites excluding steroid dienone is 2. The van der Waals surface area contributed by atoms with Crippen LogP contribution in [0.4, 0.5) is 0 Å². The molecule has 20 heavy (non-hydrogen) atoms. The summed E-state index contributed by atoms with van der Waals surface area (Å²) in [5.41, 5.74) is 0.664. The summed E-state index contributed by atoms with van der Waals surface area (Å²) in [5, 5.41) is 20.3. The Labute approximate surface area is 117 Å². The predicted octanol–water partition coefficient (Wildman–Crippen LogP) is 3.18. The van der Waals surface area contributed by atoms with Crippen molar-refractivity contribution in [2.45, 2.75) is 33.6 Å². The second kappa shape index (κ2) is 4.78. The Hall–Kier alpha value is -2.10. The quantitative estimate of drug-likeness (QED) is 0.812. The van der Waals surface area contributed by atoms with Crippen LogP contribution in [-0.2, 0) is 0 Å². The summed E-state index contributed by atoms with van der Waals surface area (Å²) in [5.74, 6) is -1.46. The number of Topliss-reactive ketones (excluding diaryl/α,β-unsaturated/α-hetero) is 1. The molecule has 1 aliphatic rings. The van der Waals surface area contributed by atoms with Crippen LogP contribution < -0.4 is 0 Å². The summed E-state index contributed by atoms with van der Waals surface area (Å²) in [6, 6.07) is 1.36. The minimum atomic E-state index is -0.439. The molecule has 1 aromatic rings. The summed E-state index contributed by atoms with van der Waals surface area (Å²) in [4.78, 5) is 24.6. The number of carbonyl (C=O) groups excluding carboxylic acids is 2. The number of ketones is 2. The van der Waals surface area contributed by atoms with Crippen molar-refractivity contribution in [3.63, 3.8) is 0 Å². The van der Waals surface area contributed by atoms with Crippen LogP contribution in [0.1, 0.15) is 59.9 Å². The third-order valence-corrected chi connectivity index (χ3v) is 3.57. The van der Waals surface area contributed by atoms with Crippen molar-refractivity contribution in [1.29, 1.82) is 0 Å². The molecule has 0 aliphatic heterocycles. The van der Waals surface area contributed by atoms with Crippen molar-refractivity contribution < 1.29 is 19.8 Å². The van der Waals surface area contributed by atoms with Gasteiger partial charge in [0.05, 0.1) is 11.1 Å². The van der Waals surface area contributed by atoms with Gasteiger partial charge in [0, 0.05) is 11.1 Å². The van der Waals surface area contributed by atoms with Crippen molar-refractivity contribution in [2.24, 2.45) is 5.92 Å². The van der Waals surface area contributed by atoms with Gasteiger partial charge in [0.1, 0.15) is 11.5 Å². The van der Waals surface area contributed by atoms with E-state index in [1.165, 1.54) is 12.1 Å². The van der Waals surface area contributed by atoms with Gasteiger partial charge in [0.2, 0.25) is 0 Å². The lowest BCUT2D eigenvalue weighted by Gasteiger charge is -2.22. The van der Waals surface area contributed by atoms with Crippen LogP contribution in [0.15, 0.2) is 17.7 Å². The molecular formula is C16H18O4. The largest absolute Gasteiger partial charge is 0.507 e. The van der Waals surface area contributed by atoms with Gasteiger partial charge in [-0.15, -0.1) is 0 Å². The van der Waals surface area contributed by atoms with E-state index < -0.39 is 5.78 Å². The number of fused-ring (bicyclic) bond motifs is 1. The smallest absolute Gasteiger partial charge is 0.194 e. The van der Waals surface area contributed by atoms with Crippen LogP contribution in [0.5, 0.6) is 11.5 Å². The van der Waals surface area contributed by atoms with Gasteiger partial charge in [-0.1, -0.05) is 27.7 Å². The first-order chi connectivity index (χ1) is 9.25. The molecule has 2 N–H and O–H groups in total. The molecule has 0 heterocycles. The summed E-state index contributed by atoms with van der Waals surface area (Å²) in [6.07, 6.45) is 1.25. The molecule has 1 aromatic carbocycles. The summed E-state index contributed by atoms with van der Waals surface area (Å²) in [6.45, 7) is 7.31. The summed E-state index contributed by atoms with van der Waals surface area (Å²) < 4.78 is 0. The zero-order valence-electron chi connectivity index (χ0n) is 12.0. The Morgan fingerprint density at radius 1 is 0.950 bits per heavy atom. The summed E-state index contributed by atoms with van der Waals surface area (Å²) in [7, 11) is 0. The van der Waals surface area contributed by atoms with E-state index in [2.05, 4.69) is 0 Å². The fraction of sp³-hybridized carbons (Fsp3) is 0.375. The third kappa shape index (κ3) is 2.01. The van der Waals surface area contributed by atoms with E-state index in [1.54, 1.807) is 0 Å². The number of hydrogen-bond donors (Lipinski definition) is 2.